The molecule has 1 amide bonds. The Bertz CT molecular complexity index is 805. The first-order valence-electron chi connectivity index (χ1n) is 8.73. The van der Waals surface area contributed by atoms with Gasteiger partial charge in [-0.3, -0.25) is 4.79 Å². The molecule has 0 radical (unpaired) electrons. The summed E-state index contributed by atoms with van der Waals surface area (Å²) in [6, 6.07) is 3.55. The van der Waals surface area contributed by atoms with E-state index in [9.17, 15) is 4.79 Å². The number of nitrogens with one attached hydrogen (secondary N) is 2. The van der Waals surface area contributed by atoms with Gasteiger partial charge in [-0.2, -0.15) is 0 Å². The normalized spacial score (nSPS) is 17.1. The van der Waals surface area contributed by atoms with E-state index in [0.29, 0.717) is 40.8 Å². The Morgan fingerprint density at radius 1 is 1.31 bits per heavy atom. The molecule has 1 saturated heterocycles. The summed E-state index contributed by atoms with van der Waals surface area (Å²) >= 11 is 7.79. The van der Waals surface area contributed by atoms with E-state index >= 15 is 0 Å². The van der Waals surface area contributed by atoms with Crippen LogP contribution in [0.5, 0.6) is 11.5 Å². The van der Waals surface area contributed by atoms with Crippen molar-refractivity contribution in [2.24, 2.45) is 0 Å². The number of aromatic nitrogens is 1. The summed E-state index contributed by atoms with van der Waals surface area (Å²) in [4.78, 5) is 18.0. The Balaban J connectivity index is 1.40. The lowest BCUT2D eigenvalue weighted by molar-refractivity contribution is -0.115. The van der Waals surface area contributed by atoms with E-state index in [4.69, 9.17) is 21.1 Å². The number of piperidine rings is 1. The molecule has 6 nitrogen and oxygen atoms in total. The summed E-state index contributed by atoms with van der Waals surface area (Å²) in [7, 11) is 0. The van der Waals surface area contributed by atoms with Crippen LogP contribution in [-0.2, 0) is 11.2 Å². The minimum atomic E-state index is -0.121. The molecule has 1 fully saturated rings. The second-order valence-corrected chi connectivity index (χ2v) is 7.89. The first kappa shape index (κ1) is 17.6. The topological polar surface area (TPSA) is 72.5 Å². The number of thiazole rings is 1. The van der Waals surface area contributed by atoms with Crippen molar-refractivity contribution in [3.05, 3.63) is 33.8 Å². The van der Waals surface area contributed by atoms with E-state index in [2.05, 4.69) is 15.6 Å². The zero-order valence-electron chi connectivity index (χ0n) is 14.2. The van der Waals surface area contributed by atoms with Gasteiger partial charge in [0.2, 0.25) is 5.91 Å². The third kappa shape index (κ3) is 3.95. The summed E-state index contributed by atoms with van der Waals surface area (Å²) in [5.41, 5.74) is 0.784. The van der Waals surface area contributed by atoms with Crippen molar-refractivity contribution < 1.29 is 14.3 Å². The van der Waals surface area contributed by atoms with E-state index < -0.39 is 0 Å². The average Bonchev–Trinajstić information content (AvgIpc) is 3.11. The predicted molar refractivity (Wildman–Crippen MR) is 102 cm³/mol. The zero-order valence-corrected chi connectivity index (χ0v) is 15.8. The quantitative estimate of drug-likeness (QED) is 0.834. The Morgan fingerprint density at radius 3 is 2.96 bits per heavy atom. The molecule has 1 aromatic heterocycles. The number of amides is 1. The van der Waals surface area contributed by atoms with Crippen LogP contribution in [0, 0.1) is 0 Å². The molecule has 2 aliphatic rings. The first-order chi connectivity index (χ1) is 12.7. The SMILES string of the molecule is O=C(Cc1cc(Cl)c2c(c1)OCCO2)Nc1ncc(C2CCNCC2)s1. The lowest BCUT2D eigenvalue weighted by Crippen LogP contribution is -2.26. The van der Waals surface area contributed by atoms with Crippen LogP contribution in [0.15, 0.2) is 18.3 Å². The number of rotatable bonds is 4. The van der Waals surface area contributed by atoms with E-state index in [-0.39, 0.29) is 12.3 Å². The number of hydrogen-bond acceptors (Lipinski definition) is 6. The van der Waals surface area contributed by atoms with E-state index in [1.807, 2.05) is 12.3 Å². The molecule has 0 aliphatic carbocycles. The minimum absolute atomic E-state index is 0.121. The minimum Gasteiger partial charge on any atom is -0.486 e. The van der Waals surface area contributed by atoms with Gasteiger partial charge >= 0.3 is 0 Å². The van der Waals surface area contributed by atoms with Crippen molar-refractivity contribution >= 4 is 34.0 Å². The summed E-state index contributed by atoms with van der Waals surface area (Å²) in [6.45, 7) is 3.04. The fraction of sp³-hybridized carbons (Fsp3) is 0.444. The van der Waals surface area contributed by atoms with E-state index in [1.54, 1.807) is 17.4 Å². The monoisotopic (exact) mass is 393 g/mol. The molecule has 26 heavy (non-hydrogen) atoms. The number of benzene rings is 1. The summed E-state index contributed by atoms with van der Waals surface area (Å²) in [6.07, 6.45) is 4.33. The van der Waals surface area contributed by atoms with Crippen LogP contribution < -0.4 is 20.1 Å². The van der Waals surface area contributed by atoms with Crippen LogP contribution in [-0.4, -0.2) is 37.2 Å². The van der Waals surface area contributed by atoms with Crippen molar-refractivity contribution in [1.29, 1.82) is 0 Å². The van der Waals surface area contributed by atoms with Crippen LogP contribution in [0.4, 0.5) is 5.13 Å². The van der Waals surface area contributed by atoms with Gasteiger partial charge in [0, 0.05) is 11.1 Å². The van der Waals surface area contributed by atoms with Crippen LogP contribution in [0.2, 0.25) is 5.02 Å². The van der Waals surface area contributed by atoms with Gasteiger partial charge in [-0.25, -0.2) is 4.98 Å². The van der Waals surface area contributed by atoms with Gasteiger partial charge in [-0.1, -0.05) is 11.6 Å². The maximum Gasteiger partial charge on any atom is 0.230 e. The third-order valence-electron chi connectivity index (χ3n) is 4.53. The summed E-state index contributed by atoms with van der Waals surface area (Å²) < 4.78 is 11.1. The first-order valence-corrected chi connectivity index (χ1v) is 9.93. The van der Waals surface area contributed by atoms with Crippen molar-refractivity contribution in [3.8, 4) is 11.5 Å². The second kappa shape index (κ2) is 7.82. The third-order valence-corrected chi connectivity index (χ3v) is 5.89. The van der Waals surface area contributed by atoms with E-state index in [0.717, 1.165) is 31.5 Å². The maximum absolute atomic E-state index is 12.4. The van der Waals surface area contributed by atoms with Gasteiger partial charge in [0.25, 0.3) is 0 Å². The Labute approximate surface area is 160 Å². The highest BCUT2D eigenvalue weighted by Crippen LogP contribution is 2.38. The maximum atomic E-state index is 12.4. The number of fused-ring (bicyclic) bond motifs is 1. The van der Waals surface area contributed by atoms with Crippen LogP contribution in [0.1, 0.15) is 29.2 Å². The number of nitrogens with zero attached hydrogens (tertiary/aromatic N) is 1. The second-order valence-electron chi connectivity index (χ2n) is 6.42. The molecule has 0 unspecified atom stereocenters. The van der Waals surface area contributed by atoms with Crippen LogP contribution >= 0.6 is 22.9 Å². The van der Waals surface area contributed by atoms with Crippen molar-refractivity contribution in [1.82, 2.24) is 10.3 Å². The Hall–Kier alpha value is -1.83. The molecule has 0 atom stereocenters. The molecule has 8 heteroatoms. The molecule has 0 saturated carbocycles. The highest BCUT2D eigenvalue weighted by molar-refractivity contribution is 7.15. The number of ether oxygens (including phenoxy) is 2. The molecule has 138 valence electrons. The largest absolute Gasteiger partial charge is 0.486 e. The van der Waals surface area contributed by atoms with E-state index in [1.165, 1.54) is 4.88 Å². The van der Waals surface area contributed by atoms with Crippen LogP contribution in [0.3, 0.4) is 0 Å². The highest BCUT2D eigenvalue weighted by atomic mass is 35.5. The van der Waals surface area contributed by atoms with Crippen LogP contribution in [0.25, 0.3) is 0 Å². The number of carbonyl (C=O) groups is 1. The highest BCUT2D eigenvalue weighted by Gasteiger charge is 2.20. The Morgan fingerprint density at radius 2 is 2.12 bits per heavy atom. The fourth-order valence-corrected chi connectivity index (χ4v) is 4.54. The van der Waals surface area contributed by atoms with Crippen molar-refractivity contribution in [3.63, 3.8) is 0 Å². The lowest BCUT2D eigenvalue weighted by Gasteiger charge is -2.20. The lowest BCUT2D eigenvalue weighted by atomic mass is 9.97. The van der Waals surface area contributed by atoms with Gasteiger partial charge < -0.3 is 20.1 Å². The standard InChI is InChI=1S/C18H20ClN3O3S/c19-13-7-11(8-14-17(13)25-6-5-24-14)9-16(23)22-18-21-10-15(26-18)12-1-3-20-4-2-12/h7-8,10,12,20H,1-6,9H2,(H,21,22,23). The average molecular weight is 394 g/mol. The molecular formula is C18H20ClN3O3S. The number of hydrogen-bond donors (Lipinski definition) is 2. The predicted octanol–water partition coefficient (Wildman–Crippen LogP) is 3.22. The Kier molecular flexibility index (Phi) is 5.28. The molecular weight excluding hydrogens is 374 g/mol. The molecule has 0 bridgehead atoms. The molecule has 2 N–H and O–H groups in total. The van der Waals surface area contributed by atoms with Gasteiger partial charge in [0.05, 0.1) is 11.4 Å². The van der Waals surface area contributed by atoms with Crippen molar-refractivity contribution in [2.45, 2.75) is 25.2 Å². The fourth-order valence-electron chi connectivity index (χ4n) is 3.25. The number of halogens is 1. The molecule has 1 aromatic carbocycles. The van der Waals surface area contributed by atoms with Gasteiger partial charge in [-0.15, -0.1) is 11.3 Å². The van der Waals surface area contributed by atoms with Gasteiger partial charge in [0.15, 0.2) is 16.6 Å². The zero-order chi connectivity index (χ0) is 17.9. The number of anilines is 1. The molecule has 3 heterocycles. The summed E-state index contributed by atoms with van der Waals surface area (Å²) in [5, 5.41) is 7.36. The van der Waals surface area contributed by atoms with Gasteiger partial charge in [0.1, 0.15) is 13.2 Å². The van der Waals surface area contributed by atoms with Crippen molar-refractivity contribution in [2.75, 3.05) is 31.6 Å². The summed E-state index contributed by atoms with van der Waals surface area (Å²) in [5.74, 6) is 1.56. The molecule has 4 rings (SSSR count). The molecule has 0 spiro atoms. The smallest absolute Gasteiger partial charge is 0.230 e. The van der Waals surface area contributed by atoms with Gasteiger partial charge in [-0.05, 0) is 49.5 Å². The molecule has 2 aliphatic heterocycles. The molecule has 2 aromatic rings. The number of carbonyl (C=O) groups excluding carboxylic acids is 1.